The van der Waals surface area contributed by atoms with Crippen molar-refractivity contribution >= 4 is 17.7 Å². The fraction of sp³-hybridized carbons (Fsp3) is 0.818. The van der Waals surface area contributed by atoms with Crippen LogP contribution in [0.3, 0.4) is 0 Å². The summed E-state index contributed by atoms with van der Waals surface area (Å²) in [5, 5.41) is 35.9. The zero-order chi connectivity index (χ0) is 35.1. The van der Waals surface area contributed by atoms with Crippen LogP contribution < -0.4 is 10.6 Å². The fourth-order valence-corrected chi connectivity index (χ4v) is 6.81. The Hall–Kier alpha value is -2.62. The summed E-state index contributed by atoms with van der Waals surface area (Å²) < 4.78 is 19.5. The number of rotatable bonds is 9. The molecule has 47 heavy (non-hydrogen) atoms. The van der Waals surface area contributed by atoms with Crippen LogP contribution in [0.4, 0.5) is 0 Å². The van der Waals surface area contributed by atoms with Crippen LogP contribution in [0.5, 0.6) is 0 Å². The first kappa shape index (κ1) is 38.8. The number of nitrogens with one attached hydrogen (secondary N) is 3. The average Bonchev–Trinajstić information content (AvgIpc) is 3.44. The summed E-state index contributed by atoms with van der Waals surface area (Å²) >= 11 is 0. The number of aliphatic hydroxyl groups excluding tert-OH is 1. The van der Waals surface area contributed by atoms with Crippen molar-refractivity contribution < 1.29 is 38.8 Å². The molecule has 5 N–H and O–H groups in total. The number of nitrogens with zero attached hydrogens (tertiary/aromatic N) is 3. The van der Waals surface area contributed by atoms with E-state index >= 15 is 0 Å². The number of ether oxygens (including phenoxy) is 3. The number of carbonyl (C=O) groups is 3. The molecule has 2 aliphatic heterocycles. The molecule has 2 aliphatic rings. The van der Waals surface area contributed by atoms with Crippen LogP contribution in [0.25, 0.3) is 0 Å². The van der Waals surface area contributed by atoms with E-state index < -0.39 is 42.0 Å². The van der Waals surface area contributed by atoms with Gasteiger partial charge in [0.1, 0.15) is 11.8 Å². The van der Waals surface area contributed by atoms with Gasteiger partial charge in [-0.05, 0) is 66.1 Å². The standard InChI is InChI=1S/C33H58N6O8/c1-19-17-33(6,44)29(22(4)27(41)23(5)30(42)35-13-11-26(40)39(9)18-19)47-32-28(25(38(7)8)16-21(3)46-32)45-14-10-12-34-31(43)24-15-20(2)36-37-24/h15,19,21-23,25,27-29,32,41,44H,10-14,16-18H2,1-9H3,(H,34,43)(H,35,42)(H,36,37)/t19-,21-,22+,23-,25+,27+,28-,29-,32+,33-/m1/s1. The van der Waals surface area contributed by atoms with Crippen LogP contribution in [0.1, 0.15) is 76.5 Å². The second kappa shape index (κ2) is 17.2. The van der Waals surface area contributed by atoms with Crippen molar-refractivity contribution in [3.8, 4) is 0 Å². The minimum Gasteiger partial charge on any atom is -0.392 e. The van der Waals surface area contributed by atoms with Crippen LogP contribution >= 0.6 is 0 Å². The van der Waals surface area contributed by atoms with Crippen LogP contribution in [0.2, 0.25) is 0 Å². The highest BCUT2D eigenvalue weighted by atomic mass is 16.7. The third-order valence-corrected chi connectivity index (χ3v) is 9.35. The lowest BCUT2D eigenvalue weighted by atomic mass is 9.77. The topological polar surface area (TPSA) is 179 Å². The molecule has 14 nitrogen and oxygen atoms in total. The van der Waals surface area contributed by atoms with Crippen molar-refractivity contribution in [3.05, 3.63) is 17.5 Å². The van der Waals surface area contributed by atoms with Gasteiger partial charge in [-0.25, -0.2) is 0 Å². The van der Waals surface area contributed by atoms with E-state index in [0.29, 0.717) is 38.2 Å². The predicted octanol–water partition coefficient (Wildman–Crippen LogP) is 1.06. The Morgan fingerprint density at radius 2 is 1.96 bits per heavy atom. The lowest BCUT2D eigenvalue weighted by Gasteiger charge is -2.48. The lowest BCUT2D eigenvalue weighted by Crippen LogP contribution is -2.60. The highest BCUT2D eigenvalue weighted by molar-refractivity contribution is 5.92. The molecular formula is C33H58N6O8. The molecule has 1 aromatic heterocycles. The molecule has 0 unspecified atom stereocenters. The number of amides is 3. The van der Waals surface area contributed by atoms with Crippen molar-refractivity contribution in [3.63, 3.8) is 0 Å². The molecule has 1 aromatic rings. The van der Waals surface area contributed by atoms with Gasteiger partial charge in [-0.1, -0.05) is 20.8 Å². The number of aliphatic hydroxyl groups is 2. The molecule has 0 radical (unpaired) electrons. The van der Waals surface area contributed by atoms with Gasteiger partial charge in [0.15, 0.2) is 6.29 Å². The fourth-order valence-electron chi connectivity index (χ4n) is 6.81. The van der Waals surface area contributed by atoms with Crippen LogP contribution in [-0.2, 0) is 23.8 Å². The smallest absolute Gasteiger partial charge is 0.271 e. The van der Waals surface area contributed by atoms with E-state index in [1.165, 1.54) is 0 Å². The number of aryl methyl sites for hydroxylation is 1. The monoisotopic (exact) mass is 666 g/mol. The Bertz CT molecular complexity index is 1180. The number of hydrogen-bond donors (Lipinski definition) is 5. The molecule has 14 heteroatoms. The lowest BCUT2D eigenvalue weighted by molar-refractivity contribution is -0.306. The molecule has 0 saturated carbocycles. The Balaban J connectivity index is 1.82. The first-order valence-electron chi connectivity index (χ1n) is 16.8. The van der Waals surface area contributed by atoms with Crippen molar-refractivity contribution in [2.45, 2.75) is 110 Å². The SMILES string of the molecule is Cc1cc(C(=O)NCCCO[C@H]2[C@H](O[C@@H]3[C@@H](C)[C@H](O)[C@@H](C)C(=O)NCCC(=O)N(C)C[C@H](C)C[C@@]3(C)O)O[C@H](C)C[C@@H]2N(C)C)n[nH]1. The van der Waals surface area contributed by atoms with Crippen molar-refractivity contribution in [1.29, 1.82) is 0 Å². The summed E-state index contributed by atoms with van der Waals surface area (Å²) in [6.45, 7) is 12.1. The van der Waals surface area contributed by atoms with E-state index in [2.05, 4.69) is 25.7 Å². The molecule has 0 bridgehead atoms. The first-order chi connectivity index (χ1) is 22.0. The van der Waals surface area contributed by atoms with Gasteiger partial charge in [-0.3, -0.25) is 19.5 Å². The Labute approximate surface area is 279 Å². The molecule has 3 amide bonds. The predicted molar refractivity (Wildman–Crippen MR) is 175 cm³/mol. The van der Waals surface area contributed by atoms with E-state index in [-0.39, 0.29) is 55.2 Å². The molecule has 0 spiro atoms. The van der Waals surface area contributed by atoms with E-state index in [1.807, 2.05) is 34.9 Å². The molecular weight excluding hydrogens is 608 g/mol. The van der Waals surface area contributed by atoms with Gasteiger partial charge in [-0.2, -0.15) is 5.10 Å². The molecule has 2 saturated heterocycles. The molecule has 0 aromatic carbocycles. The Morgan fingerprint density at radius 3 is 2.60 bits per heavy atom. The molecule has 3 heterocycles. The van der Waals surface area contributed by atoms with Gasteiger partial charge < -0.3 is 44.9 Å². The normalized spacial score (nSPS) is 35.0. The van der Waals surface area contributed by atoms with Gasteiger partial charge >= 0.3 is 0 Å². The molecule has 268 valence electrons. The maximum atomic E-state index is 13.0. The van der Waals surface area contributed by atoms with Crippen LogP contribution in [0.15, 0.2) is 6.07 Å². The number of aromatic amines is 1. The van der Waals surface area contributed by atoms with Crippen molar-refractivity contribution in [2.75, 3.05) is 47.4 Å². The third-order valence-electron chi connectivity index (χ3n) is 9.35. The van der Waals surface area contributed by atoms with Gasteiger partial charge in [-0.15, -0.1) is 0 Å². The zero-order valence-electron chi connectivity index (χ0n) is 29.6. The number of H-pyrrole nitrogens is 1. The molecule has 3 rings (SSSR count). The van der Waals surface area contributed by atoms with Gasteiger partial charge in [0.25, 0.3) is 5.91 Å². The van der Waals surface area contributed by atoms with E-state index in [4.69, 9.17) is 14.2 Å². The quantitative estimate of drug-likeness (QED) is 0.240. The summed E-state index contributed by atoms with van der Waals surface area (Å²) in [5.74, 6) is -2.37. The van der Waals surface area contributed by atoms with E-state index in [9.17, 15) is 24.6 Å². The Morgan fingerprint density at radius 1 is 1.26 bits per heavy atom. The highest BCUT2D eigenvalue weighted by Gasteiger charge is 2.48. The van der Waals surface area contributed by atoms with E-state index in [0.717, 1.165) is 5.69 Å². The third kappa shape index (κ3) is 10.7. The molecule has 2 fully saturated rings. The van der Waals surface area contributed by atoms with E-state index in [1.54, 1.807) is 38.8 Å². The minimum absolute atomic E-state index is 0.0858. The minimum atomic E-state index is -1.47. The second-order valence-corrected chi connectivity index (χ2v) is 14.1. The summed E-state index contributed by atoms with van der Waals surface area (Å²) in [5.41, 5.74) is -0.347. The number of carbonyl (C=O) groups excluding carboxylic acids is 3. The zero-order valence-corrected chi connectivity index (χ0v) is 29.6. The number of hydrogen-bond acceptors (Lipinski definition) is 10. The summed E-state index contributed by atoms with van der Waals surface area (Å²) in [6, 6.07) is 1.59. The van der Waals surface area contributed by atoms with Gasteiger partial charge in [0.05, 0.1) is 29.8 Å². The molecule has 0 aliphatic carbocycles. The summed E-state index contributed by atoms with van der Waals surface area (Å²) in [6.07, 6.45) is -2.13. The first-order valence-corrected chi connectivity index (χ1v) is 16.8. The Kier molecular flexibility index (Phi) is 14.2. The van der Waals surface area contributed by atoms with Crippen LogP contribution in [-0.4, -0.2) is 138 Å². The van der Waals surface area contributed by atoms with Crippen LogP contribution in [0, 0.1) is 24.7 Å². The second-order valence-electron chi connectivity index (χ2n) is 14.1. The maximum Gasteiger partial charge on any atom is 0.271 e. The van der Waals surface area contributed by atoms with Crippen molar-refractivity contribution in [2.24, 2.45) is 17.8 Å². The molecule has 10 atom stereocenters. The van der Waals surface area contributed by atoms with Gasteiger partial charge in [0.2, 0.25) is 11.8 Å². The average molecular weight is 667 g/mol. The number of likely N-dealkylation sites (N-methyl/N-ethyl adjacent to an activating group) is 1. The van der Waals surface area contributed by atoms with Crippen molar-refractivity contribution in [1.82, 2.24) is 30.6 Å². The summed E-state index contributed by atoms with van der Waals surface area (Å²) in [7, 11) is 5.65. The largest absolute Gasteiger partial charge is 0.392 e. The number of aromatic nitrogens is 2. The highest BCUT2D eigenvalue weighted by Crippen LogP contribution is 2.36. The summed E-state index contributed by atoms with van der Waals surface area (Å²) in [4.78, 5) is 41.7. The maximum absolute atomic E-state index is 13.0. The van der Waals surface area contributed by atoms with Gasteiger partial charge in [0, 0.05) is 57.4 Å².